The monoisotopic (exact) mass is 291 g/mol. The lowest BCUT2D eigenvalue weighted by atomic mass is 9.87. The Morgan fingerprint density at radius 3 is 2.95 bits per heavy atom. The molecule has 1 unspecified atom stereocenters. The maximum atomic E-state index is 3.76. The normalized spacial score (nSPS) is 21.9. The maximum Gasteiger partial charge on any atom is 0.0351 e. The Bertz CT molecular complexity index is 525. The minimum Gasteiger partial charge on any atom is -0.309 e. The van der Waals surface area contributed by atoms with Gasteiger partial charge in [-0.3, -0.25) is 0 Å². The van der Waals surface area contributed by atoms with Gasteiger partial charge in [0.1, 0.15) is 0 Å². The molecular weight excluding hydrogens is 270 g/mol. The van der Waals surface area contributed by atoms with Crippen LogP contribution in [0.1, 0.15) is 38.0 Å². The van der Waals surface area contributed by atoms with E-state index in [4.69, 9.17) is 0 Å². The van der Waals surface area contributed by atoms with Gasteiger partial charge in [-0.25, -0.2) is 0 Å². The van der Waals surface area contributed by atoms with Gasteiger partial charge >= 0.3 is 0 Å². The molecule has 1 atom stereocenters. The van der Waals surface area contributed by atoms with Crippen molar-refractivity contribution in [1.29, 1.82) is 0 Å². The molecule has 2 heterocycles. The van der Waals surface area contributed by atoms with E-state index in [1.54, 1.807) is 0 Å². The predicted molar refractivity (Wildman–Crippen MR) is 85.9 cm³/mol. The van der Waals surface area contributed by atoms with Crippen molar-refractivity contribution in [3.63, 3.8) is 0 Å². The summed E-state index contributed by atoms with van der Waals surface area (Å²) in [7, 11) is 0. The van der Waals surface area contributed by atoms with E-state index in [0.29, 0.717) is 11.5 Å². The van der Waals surface area contributed by atoms with Crippen LogP contribution in [0.2, 0.25) is 0 Å². The van der Waals surface area contributed by atoms with E-state index in [2.05, 4.69) is 48.1 Å². The van der Waals surface area contributed by atoms with Crippen molar-refractivity contribution >= 4 is 22.7 Å². The molecular formula is C16H21NS2. The first-order valence-electron chi connectivity index (χ1n) is 7.00. The summed E-state index contributed by atoms with van der Waals surface area (Å²) < 4.78 is 0. The Hall–Kier alpha value is -0.640. The van der Waals surface area contributed by atoms with Crippen molar-refractivity contribution in [2.75, 3.05) is 0 Å². The molecule has 1 aliphatic carbocycles. The van der Waals surface area contributed by atoms with E-state index < -0.39 is 0 Å². The third-order valence-electron chi connectivity index (χ3n) is 4.24. The molecule has 0 aromatic carbocycles. The number of rotatable bonds is 4. The van der Waals surface area contributed by atoms with Crippen molar-refractivity contribution < 1.29 is 0 Å². The van der Waals surface area contributed by atoms with E-state index in [1.165, 1.54) is 34.6 Å². The number of hydrogen-bond acceptors (Lipinski definition) is 3. The zero-order chi connectivity index (χ0) is 13.3. The van der Waals surface area contributed by atoms with E-state index in [9.17, 15) is 0 Å². The van der Waals surface area contributed by atoms with Crippen molar-refractivity contribution in [3.8, 4) is 10.4 Å². The molecule has 1 N–H and O–H groups in total. The maximum absolute atomic E-state index is 3.76. The van der Waals surface area contributed by atoms with Crippen LogP contribution in [0.3, 0.4) is 0 Å². The number of nitrogens with one attached hydrogen (secondary N) is 1. The molecule has 1 fully saturated rings. The van der Waals surface area contributed by atoms with Crippen LogP contribution in [-0.2, 0) is 6.54 Å². The van der Waals surface area contributed by atoms with Gasteiger partial charge in [-0.1, -0.05) is 26.3 Å². The van der Waals surface area contributed by atoms with Crippen LogP contribution in [-0.4, -0.2) is 6.04 Å². The zero-order valence-electron chi connectivity index (χ0n) is 11.6. The molecule has 19 heavy (non-hydrogen) atoms. The highest BCUT2D eigenvalue weighted by atomic mass is 32.1. The van der Waals surface area contributed by atoms with Gasteiger partial charge in [-0.05, 0) is 41.1 Å². The summed E-state index contributed by atoms with van der Waals surface area (Å²) in [5.74, 6) is 0. The fourth-order valence-corrected chi connectivity index (χ4v) is 4.60. The molecule has 0 aliphatic heterocycles. The first kappa shape index (κ1) is 13.3. The fraction of sp³-hybridized carbons (Fsp3) is 0.500. The van der Waals surface area contributed by atoms with Gasteiger partial charge in [0.15, 0.2) is 0 Å². The van der Waals surface area contributed by atoms with Crippen LogP contribution in [0, 0.1) is 5.41 Å². The topological polar surface area (TPSA) is 12.0 Å². The Kier molecular flexibility index (Phi) is 3.79. The van der Waals surface area contributed by atoms with Crippen LogP contribution >= 0.6 is 22.7 Å². The third-order valence-corrected chi connectivity index (χ3v) is 6.10. The second-order valence-electron chi connectivity index (χ2n) is 6.09. The van der Waals surface area contributed by atoms with Gasteiger partial charge in [-0.2, -0.15) is 0 Å². The fourth-order valence-electron chi connectivity index (χ4n) is 2.97. The molecule has 1 nitrogen and oxygen atoms in total. The van der Waals surface area contributed by atoms with E-state index in [0.717, 1.165) is 6.54 Å². The summed E-state index contributed by atoms with van der Waals surface area (Å²) >= 11 is 3.69. The van der Waals surface area contributed by atoms with Gasteiger partial charge in [0.25, 0.3) is 0 Å². The number of thiophene rings is 2. The highest BCUT2D eigenvalue weighted by Crippen LogP contribution is 2.37. The van der Waals surface area contributed by atoms with Crippen molar-refractivity contribution in [2.45, 2.75) is 45.7 Å². The molecule has 2 aromatic rings. The lowest BCUT2D eigenvalue weighted by Gasteiger charge is -2.27. The molecule has 1 saturated carbocycles. The minimum atomic E-state index is 0.466. The highest BCUT2D eigenvalue weighted by molar-refractivity contribution is 7.14. The lowest BCUT2D eigenvalue weighted by Crippen LogP contribution is -2.36. The molecule has 1 aliphatic rings. The van der Waals surface area contributed by atoms with Crippen molar-refractivity contribution in [3.05, 3.63) is 33.8 Å². The summed E-state index contributed by atoms with van der Waals surface area (Å²) in [5.41, 5.74) is 1.84. The Morgan fingerprint density at radius 2 is 2.26 bits per heavy atom. The largest absolute Gasteiger partial charge is 0.309 e. The predicted octanol–water partition coefficient (Wildman–Crippen LogP) is 5.14. The average Bonchev–Trinajstić information content (AvgIpc) is 3.05. The standard InChI is InChI=1S/C16H21NS2/c1-16(2)7-3-6-15(16)17-10-13-9-12(11-19-13)14-5-4-8-18-14/h4-5,8-9,11,15,17H,3,6-7,10H2,1-2H3. The molecule has 0 amide bonds. The quantitative estimate of drug-likeness (QED) is 0.822. The first-order chi connectivity index (χ1) is 9.15. The SMILES string of the molecule is CC1(C)CCCC1NCc1cc(-c2cccs2)cs1. The average molecular weight is 291 g/mol. The second kappa shape index (κ2) is 5.39. The van der Waals surface area contributed by atoms with E-state index >= 15 is 0 Å². The van der Waals surface area contributed by atoms with E-state index in [1.807, 2.05) is 22.7 Å². The molecule has 0 saturated heterocycles. The summed E-state index contributed by atoms with van der Waals surface area (Å²) in [6, 6.07) is 7.34. The molecule has 0 radical (unpaired) electrons. The highest BCUT2D eigenvalue weighted by Gasteiger charge is 2.33. The van der Waals surface area contributed by atoms with Crippen molar-refractivity contribution in [2.24, 2.45) is 5.41 Å². The molecule has 2 aromatic heterocycles. The number of hydrogen-bond donors (Lipinski definition) is 1. The minimum absolute atomic E-state index is 0.466. The van der Waals surface area contributed by atoms with Crippen LogP contribution in [0.4, 0.5) is 0 Å². The molecule has 3 heteroatoms. The van der Waals surface area contributed by atoms with Gasteiger partial charge in [0, 0.05) is 27.9 Å². The molecule has 0 bridgehead atoms. The van der Waals surface area contributed by atoms with Crippen LogP contribution < -0.4 is 5.32 Å². The van der Waals surface area contributed by atoms with Gasteiger partial charge in [-0.15, -0.1) is 22.7 Å². The summed E-state index contributed by atoms with van der Waals surface area (Å²) in [6.45, 7) is 5.80. The van der Waals surface area contributed by atoms with Gasteiger partial charge < -0.3 is 5.32 Å². The zero-order valence-corrected chi connectivity index (χ0v) is 13.2. The second-order valence-corrected chi connectivity index (χ2v) is 8.04. The Labute approximate surface area is 123 Å². The van der Waals surface area contributed by atoms with Crippen molar-refractivity contribution in [1.82, 2.24) is 5.32 Å². The van der Waals surface area contributed by atoms with Gasteiger partial charge in [0.05, 0.1) is 0 Å². The molecule has 3 rings (SSSR count). The summed E-state index contributed by atoms with van der Waals surface area (Å²) in [4.78, 5) is 2.83. The van der Waals surface area contributed by atoms with Crippen LogP contribution in [0.15, 0.2) is 29.0 Å². The Balaban J connectivity index is 1.62. The van der Waals surface area contributed by atoms with Crippen LogP contribution in [0.25, 0.3) is 10.4 Å². The summed E-state index contributed by atoms with van der Waals surface area (Å²) in [5, 5.41) is 8.19. The van der Waals surface area contributed by atoms with Crippen LogP contribution in [0.5, 0.6) is 0 Å². The molecule has 102 valence electrons. The third kappa shape index (κ3) is 2.93. The smallest absolute Gasteiger partial charge is 0.0351 e. The van der Waals surface area contributed by atoms with E-state index in [-0.39, 0.29) is 0 Å². The van der Waals surface area contributed by atoms with Gasteiger partial charge in [0.2, 0.25) is 0 Å². The Morgan fingerprint density at radius 1 is 1.37 bits per heavy atom. The summed E-state index contributed by atoms with van der Waals surface area (Å²) in [6.07, 6.45) is 4.06. The lowest BCUT2D eigenvalue weighted by molar-refractivity contribution is 0.283. The first-order valence-corrected chi connectivity index (χ1v) is 8.76. The molecule has 0 spiro atoms.